The van der Waals surface area contributed by atoms with Crippen LogP contribution in [0.4, 0.5) is 10.1 Å². The predicted octanol–water partition coefficient (Wildman–Crippen LogP) is 3.08. The van der Waals surface area contributed by atoms with Crippen molar-refractivity contribution in [2.45, 2.75) is 18.4 Å². The molecule has 112 valence electrons. The maximum absolute atomic E-state index is 13.8. The Morgan fingerprint density at radius 1 is 1.24 bits per heavy atom. The topological polar surface area (TPSA) is 66.4 Å². The summed E-state index contributed by atoms with van der Waals surface area (Å²) in [6.07, 6.45) is 0. The van der Waals surface area contributed by atoms with Gasteiger partial charge in [0.1, 0.15) is 0 Å². The fraction of sp³-hybridized carbons (Fsp3) is 0.143. The lowest BCUT2D eigenvalue weighted by Gasteiger charge is -2.13. The lowest BCUT2D eigenvalue weighted by atomic mass is 10.1. The summed E-state index contributed by atoms with van der Waals surface area (Å²) in [4.78, 5) is -0.0200. The Kier molecular flexibility index (Phi) is 4.51. The average molecular weight is 330 g/mol. The fourth-order valence-electron chi connectivity index (χ4n) is 1.90. The van der Waals surface area contributed by atoms with E-state index >= 15 is 0 Å². The molecule has 0 heterocycles. The van der Waals surface area contributed by atoms with Crippen molar-refractivity contribution < 1.29 is 17.9 Å². The fourth-order valence-corrected chi connectivity index (χ4v) is 3.43. The van der Waals surface area contributed by atoms with Gasteiger partial charge in [-0.15, -0.1) is 0 Å². The summed E-state index contributed by atoms with van der Waals surface area (Å²) in [6.45, 7) is 1.30. The Morgan fingerprint density at radius 3 is 2.57 bits per heavy atom. The Hall–Kier alpha value is -1.63. The first-order chi connectivity index (χ1) is 9.86. The van der Waals surface area contributed by atoms with Crippen molar-refractivity contribution in [3.8, 4) is 0 Å². The van der Waals surface area contributed by atoms with Gasteiger partial charge in [-0.2, -0.15) is 0 Å². The Balaban J connectivity index is 2.46. The minimum absolute atomic E-state index is 0.0200. The van der Waals surface area contributed by atoms with Crippen LogP contribution in [-0.4, -0.2) is 13.5 Å². The molecular weight excluding hydrogens is 317 g/mol. The molecule has 0 fully saturated rings. The maximum Gasteiger partial charge on any atom is 0.262 e. The molecule has 0 spiro atoms. The zero-order valence-corrected chi connectivity index (χ0v) is 12.7. The molecular formula is C14H13ClFNO3S. The highest BCUT2D eigenvalue weighted by atomic mass is 35.5. The second kappa shape index (κ2) is 6.01. The minimum atomic E-state index is -3.98. The molecule has 0 aliphatic rings. The van der Waals surface area contributed by atoms with Gasteiger partial charge in [0, 0.05) is 0 Å². The molecule has 7 heteroatoms. The number of nitrogens with one attached hydrogen (secondary N) is 1. The first-order valence-corrected chi connectivity index (χ1v) is 7.89. The van der Waals surface area contributed by atoms with E-state index in [1.807, 2.05) is 0 Å². The molecule has 0 atom stereocenters. The lowest BCUT2D eigenvalue weighted by Crippen LogP contribution is -2.16. The molecule has 0 saturated heterocycles. The molecule has 4 nitrogen and oxygen atoms in total. The van der Waals surface area contributed by atoms with Gasteiger partial charge in [-0.25, -0.2) is 12.8 Å². The van der Waals surface area contributed by atoms with E-state index in [4.69, 9.17) is 11.6 Å². The summed E-state index contributed by atoms with van der Waals surface area (Å²) in [5.41, 5.74) is 0.677. The van der Waals surface area contributed by atoms with Gasteiger partial charge in [-0.3, -0.25) is 4.72 Å². The number of aliphatic hydroxyl groups is 1. The normalized spacial score (nSPS) is 11.4. The third-order valence-electron chi connectivity index (χ3n) is 3.05. The van der Waals surface area contributed by atoms with Gasteiger partial charge >= 0.3 is 0 Å². The molecule has 2 N–H and O–H groups in total. The molecule has 21 heavy (non-hydrogen) atoms. The van der Waals surface area contributed by atoms with E-state index in [1.165, 1.54) is 30.3 Å². The minimum Gasteiger partial charge on any atom is -0.392 e. The molecule has 0 aliphatic heterocycles. The van der Waals surface area contributed by atoms with Crippen LogP contribution in [0, 0.1) is 12.7 Å². The number of anilines is 1. The SMILES string of the molecule is Cc1c(CO)cccc1S(=O)(=O)Nc1cccc(Cl)c1F. The second-order valence-electron chi connectivity index (χ2n) is 4.41. The summed E-state index contributed by atoms with van der Waals surface area (Å²) in [7, 11) is -3.98. The van der Waals surface area contributed by atoms with Crippen molar-refractivity contribution in [3.63, 3.8) is 0 Å². The lowest BCUT2D eigenvalue weighted by molar-refractivity contribution is 0.280. The van der Waals surface area contributed by atoms with Crippen LogP contribution in [-0.2, 0) is 16.6 Å². The predicted molar refractivity (Wildman–Crippen MR) is 79.3 cm³/mol. The summed E-state index contributed by atoms with van der Waals surface area (Å²) in [5.74, 6) is -0.835. The van der Waals surface area contributed by atoms with Crippen molar-refractivity contribution in [1.29, 1.82) is 0 Å². The second-order valence-corrected chi connectivity index (χ2v) is 6.46. The van der Waals surface area contributed by atoms with Gasteiger partial charge in [-0.1, -0.05) is 29.8 Å². The standard InChI is InChI=1S/C14H13ClFNO3S/c1-9-10(8-18)4-2-7-13(9)21(19,20)17-12-6-3-5-11(15)14(12)16/h2-7,17-18H,8H2,1H3. The molecule has 2 aromatic rings. The quantitative estimate of drug-likeness (QED) is 0.906. The van der Waals surface area contributed by atoms with E-state index in [2.05, 4.69) is 4.72 Å². The van der Waals surface area contributed by atoms with Crippen LogP contribution in [0.3, 0.4) is 0 Å². The van der Waals surface area contributed by atoms with E-state index in [0.29, 0.717) is 11.1 Å². The Labute approximate surface area is 127 Å². The van der Waals surface area contributed by atoms with Gasteiger partial charge < -0.3 is 5.11 Å². The van der Waals surface area contributed by atoms with Gasteiger partial charge in [0.25, 0.3) is 10.0 Å². The third kappa shape index (κ3) is 3.18. The van der Waals surface area contributed by atoms with Crippen LogP contribution in [0.25, 0.3) is 0 Å². The van der Waals surface area contributed by atoms with E-state index in [-0.39, 0.29) is 22.2 Å². The smallest absolute Gasteiger partial charge is 0.262 e. The third-order valence-corrected chi connectivity index (χ3v) is 4.85. The van der Waals surface area contributed by atoms with Gasteiger partial charge in [0.15, 0.2) is 5.82 Å². The van der Waals surface area contributed by atoms with Crippen molar-refractivity contribution in [1.82, 2.24) is 0 Å². The first-order valence-electron chi connectivity index (χ1n) is 6.03. The van der Waals surface area contributed by atoms with Crippen LogP contribution >= 0.6 is 11.6 Å². The molecule has 0 amide bonds. The summed E-state index contributed by atoms with van der Waals surface area (Å²) >= 11 is 5.62. The van der Waals surface area contributed by atoms with E-state index < -0.39 is 15.8 Å². The van der Waals surface area contributed by atoms with E-state index in [0.717, 1.165) is 0 Å². The molecule has 0 aliphatic carbocycles. The van der Waals surface area contributed by atoms with Crippen LogP contribution in [0.2, 0.25) is 5.02 Å². The number of aliphatic hydroxyl groups excluding tert-OH is 1. The number of hydrogen-bond acceptors (Lipinski definition) is 3. The van der Waals surface area contributed by atoms with Crippen LogP contribution < -0.4 is 4.72 Å². The molecule has 0 bridgehead atoms. The monoisotopic (exact) mass is 329 g/mol. The number of benzene rings is 2. The zero-order chi connectivity index (χ0) is 15.6. The zero-order valence-electron chi connectivity index (χ0n) is 11.1. The van der Waals surface area contributed by atoms with Crippen LogP contribution in [0.1, 0.15) is 11.1 Å². The number of rotatable bonds is 4. The highest BCUT2D eigenvalue weighted by molar-refractivity contribution is 7.92. The van der Waals surface area contributed by atoms with Gasteiger partial charge in [-0.05, 0) is 36.2 Å². The number of halogens is 2. The number of hydrogen-bond donors (Lipinski definition) is 2. The van der Waals surface area contributed by atoms with Crippen LogP contribution in [0.5, 0.6) is 0 Å². The van der Waals surface area contributed by atoms with Crippen molar-refractivity contribution in [3.05, 3.63) is 58.4 Å². The summed E-state index contributed by atoms with van der Waals surface area (Å²) < 4.78 is 40.7. The van der Waals surface area contributed by atoms with Gasteiger partial charge in [0.05, 0.1) is 22.2 Å². The molecule has 2 aromatic carbocycles. The largest absolute Gasteiger partial charge is 0.392 e. The molecule has 0 radical (unpaired) electrons. The highest BCUT2D eigenvalue weighted by Crippen LogP contribution is 2.26. The summed E-state index contributed by atoms with van der Waals surface area (Å²) in [6, 6.07) is 8.58. The van der Waals surface area contributed by atoms with Gasteiger partial charge in [0.2, 0.25) is 0 Å². The van der Waals surface area contributed by atoms with Crippen molar-refractivity contribution in [2.75, 3.05) is 4.72 Å². The van der Waals surface area contributed by atoms with E-state index in [1.54, 1.807) is 13.0 Å². The average Bonchev–Trinajstić information content (AvgIpc) is 2.44. The summed E-state index contributed by atoms with van der Waals surface area (Å²) in [5, 5.41) is 9.02. The van der Waals surface area contributed by atoms with Crippen molar-refractivity contribution >= 4 is 27.3 Å². The van der Waals surface area contributed by atoms with Crippen LogP contribution in [0.15, 0.2) is 41.3 Å². The number of sulfonamides is 1. The highest BCUT2D eigenvalue weighted by Gasteiger charge is 2.20. The first kappa shape index (κ1) is 15.8. The molecule has 2 rings (SSSR count). The Bertz CT molecular complexity index is 778. The Morgan fingerprint density at radius 2 is 1.90 bits per heavy atom. The molecule has 0 unspecified atom stereocenters. The molecule has 0 saturated carbocycles. The maximum atomic E-state index is 13.8. The van der Waals surface area contributed by atoms with Crippen molar-refractivity contribution in [2.24, 2.45) is 0 Å². The molecule has 0 aromatic heterocycles. The van der Waals surface area contributed by atoms with E-state index in [9.17, 15) is 17.9 Å².